The zero-order valence-corrected chi connectivity index (χ0v) is 27.7. The highest BCUT2D eigenvalue weighted by molar-refractivity contribution is 5.91. The van der Waals surface area contributed by atoms with Crippen LogP contribution in [0.1, 0.15) is 80.8 Å². The van der Waals surface area contributed by atoms with Gasteiger partial charge in [-0.1, -0.05) is 57.2 Å². The van der Waals surface area contributed by atoms with Crippen LogP contribution in [0.5, 0.6) is 17.2 Å². The predicted molar refractivity (Wildman–Crippen MR) is 188 cm³/mol. The molecule has 2 heterocycles. The lowest BCUT2D eigenvalue weighted by Crippen LogP contribution is -2.58. The fraction of sp³-hybridized carbons (Fsp3) is 0.325. The number of carbonyl (C=O) groups is 1. The van der Waals surface area contributed by atoms with Crippen LogP contribution in [-0.4, -0.2) is 25.3 Å². The highest BCUT2D eigenvalue weighted by atomic mass is 16.5. The van der Waals surface area contributed by atoms with Crippen molar-refractivity contribution in [3.05, 3.63) is 114 Å². The van der Waals surface area contributed by atoms with E-state index in [1.54, 1.807) is 36.4 Å². The molecule has 1 spiro atoms. The second-order valence-electron chi connectivity index (χ2n) is 12.8. The number of fused-ring (bicyclic) bond motifs is 2. The summed E-state index contributed by atoms with van der Waals surface area (Å²) in [5.74, 6) is 1.57. The first kappa shape index (κ1) is 32.0. The molecule has 6 rings (SSSR count). The molecule has 0 radical (unpaired) electrons. The Hall–Kier alpha value is -4.91. The van der Waals surface area contributed by atoms with Crippen LogP contribution in [0.4, 0.5) is 17.1 Å². The van der Waals surface area contributed by atoms with E-state index in [-0.39, 0.29) is 5.41 Å². The van der Waals surface area contributed by atoms with Gasteiger partial charge in [0.25, 0.3) is 0 Å². The molecule has 4 aromatic carbocycles. The topological polar surface area (TPSA) is 72.7 Å². The lowest BCUT2D eigenvalue weighted by atomic mass is 9.76. The Labute approximate surface area is 277 Å². The zero-order valence-electron chi connectivity index (χ0n) is 27.7. The number of anilines is 1. The Kier molecular flexibility index (Phi) is 9.43. The molecule has 2 aliphatic rings. The summed E-state index contributed by atoms with van der Waals surface area (Å²) in [4.78, 5) is 14.9. The molecule has 0 saturated carbocycles. The normalized spacial score (nSPS) is 17.4. The highest BCUT2D eigenvalue weighted by Crippen LogP contribution is 2.54. The van der Waals surface area contributed by atoms with Crippen molar-refractivity contribution in [1.82, 2.24) is 0 Å². The van der Waals surface area contributed by atoms with Crippen molar-refractivity contribution in [3.8, 4) is 17.2 Å². The molecule has 4 aromatic rings. The van der Waals surface area contributed by atoms with Gasteiger partial charge in [0.05, 0.1) is 29.0 Å². The van der Waals surface area contributed by atoms with Crippen molar-refractivity contribution in [2.24, 2.45) is 10.2 Å². The van der Waals surface area contributed by atoms with E-state index in [0.29, 0.717) is 29.3 Å². The summed E-state index contributed by atoms with van der Waals surface area (Å²) in [6.45, 7) is 7.36. The number of para-hydroxylation sites is 1. The average Bonchev–Trinajstić information content (AvgIpc) is 3.25. The smallest absolute Gasteiger partial charge is 0.343 e. The number of benzene rings is 4. The summed E-state index contributed by atoms with van der Waals surface area (Å²) in [7, 11) is 2.09. The van der Waals surface area contributed by atoms with E-state index in [2.05, 4.69) is 79.4 Å². The Bertz CT molecular complexity index is 1760. The summed E-state index contributed by atoms with van der Waals surface area (Å²) < 4.78 is 18.1. The molecule has 0 aliphatic carbocycles. The fourth-order valence-electron chi connectivity index (χ4n) is 6.45. The van der Waals surface area contributed by atoms with Crippen LogP contribution in [0.2, 0.25) is 0 Å². The first-order valence-corrected chi connectivity index (χ1v) is 16.6. The number of rotatable bonds is 12. The van der Waals surface area contributed by atoms with Crippen LogP contribution in [-0.2, 0) is 5.41 Å². The van der Waals surface area contributed by atoms with Gasteiger partial charge < -0.3 is 19.1 Å². The van der Waals surface area contributed by atoms with Gasteiger partial charge in [-0.3, -0.25) is 0 Å². The first-order chi connectivity index (χ1) is 22.8. The molecule has 0 aromatic heterocycles. The SMILES string of the molecule is CCCCCCCCOc1ccc(C(=O)Oc2ccc(N=Nc3ccc4c(c3)C=CC3(O4)N(C)c4ccccc4C3(C)C)cc2)cc1. The fourth-order valence-corrected chi connectivity index (χ4v) is 6.45. The third-order valence-corrected chi connectivity index (χ3v) is 9.27. The Morgan fingerprint density at radius 3 is 2.26 bits per heavy atom. The molecule has 2 aliphatic heterocycles. The van der Waals surface area contributed by atoms with Crippen LogP contribution < -0.4 is 19.1 Å². The Balaban J connectivity index is 1.02. The lowest BCUT2D eigenvalue weighted by molar-refractivity contribution is 0.0582. The molecule has 7 nitrogen and oxygen atoms in total. The van der Waals surface area contributed by atoms with E-state index in [0.717, 1.165) is 23.5 Å². The highest BCUT2D eigenvalue weighted by Gasteiger charge is 2.57. The molecule has 1 atom stereocenters. The maximum absolute atomic E-state index is 12.7. The maximum atomic E-state index is 12.7. The molecule has 0 amide bonds. The van der Waals surface area contributed by atoms with E-state index in [1.807, 2.05) is 30.3 Å². The second kappa shape index (κ2) is 13.8. The van der Waals surface area contributed by atoms with Gasteiger partial charge in [0, 0.05) is 18.3 Å². The zero-order chi connectivity index (χ0) is 32.9. The minimum Gasteiger partial charge on any atom is -0.494 e. The summed E-state index contributed by atoms with van der Waals surface area (Å²) in [6.07, 6.45) is 11.6. The van der Waals surface area contributed by atoms with Crippen molar-refractivity contribution in [2.45, 2.75) is 70.4 Å². The van der Waals surface area contributed by atoms with E-state index in [1.165, 1.54) is 43.4 Å². The van der Waals surface area contributed by atoms with E-state index in [9.17, 15) is 4.79 Å². The van der Waals surface area contributed by atoms with Crippen LogP contribution in [0.25, 0.3) is 6.08 Å². The van der Waals surface area contributed by atoms with E-state index in [4.69, 9.17) is 14.2 Å². The number of likely N-dealkylation sites (N-methyl/N-ethyl adjacent to an activating group) is 1. The number of unbranched alkanes of at least 4 members (excludes halogenated alkanes) is 5. The first-order valence-electron chi connectivity index (χ1n) is 16.6. The van der Waals surface area contributed by atoms with Crippen LogP contribution in [0, 0.1) is 0 Å². The van der Waals surface area contributed by atoms with Gasteiger partial charge in [-0.05, 0) is 111 Å². The molecule has 0 fully saturated rings. The third-order valence-electron chi connectivity index (χ3n) is 9.27. The summed E-state index contributed by atoms with van der Waals surface area (Å²) in [5, 5.41) is 8.84. The molecule has 0 bridgehead atoms. The van der Waals surface area contributed by atoms with Crippen molar-refractivity contribution >= 4 is 29.1 Å². The molecule has 242 valence electrons. The molecular formula is C40H43N3O4. The summed E-state index contributed by atoms with van der Waals surface area (Å²) in [5.41, 5.74) is 4.34. The summed E-state index contributed by atoms with van der Waals surface area (Å²) >= 11 is 0. The van der Waals surface area contributed by atoms with Crippen molar-refractivity contribution in [3.63, 3.8) is 0 Å². The second-order valence-corrected chi connectivity index (χ2v) is 12.8. The number of ether oxygens (including phenoxy) is 3. The number of carbonyl (C=O) groups excluding carboxylic acids is 1. The third kappa shape index (κ3) is 6.66. The Morgan fingerprint density at radius 1 is 0.809 bits per heavy atom. The minimum absolute atomic E-state index is 0.252. The van der Waals surface area contributed by atoms with E-state index >= 15 is 0 Å². The largest absolute Gasteiger partial charge is 0.494 e. The van der Waals surface area contributed by atoms with Crippen LogP contribution in [0.15, 0.2) is 107 Å². The standard InChI is InChI=1S/C40H43N3O4/c1-5-6-7-8-9-12-27-45-33-20-15-29(16-21-33)38(44)46-34-22-17-31(18-23-34)41-42-32-19-24-37-30(28-32)25-26-40(47-37)39(2,3)35-13-10-11-14-36(35)43(40)4/h10-11,13-26,28H,5-9,12,27H2,1-4H3. The average molecular weight is 630 g/mol. The Morgan fingerprint density at radius 2 is 1.49 bits per heavy atom. The lowest BCUT2D eigenvalue weighted by Gasteiger charge is -2.45. The molecule has 47 heavy (non-hydrogen) atoms. The van der Waals surface area contributed by atoms with Gasteiger partial charge in [0.2, 0.25) is 5.72 Å². The van der Waals surface area contributed by atoms with E-state index < -0.39 is 11.7 Å². The number of azo groups is 1. The number of esters is 1. The molecule has 1 unspecified atom stereocenters. The van der Waals surface area contributed by atoms with Gasteiger partial charge in [-0.15, -0.1) is 0 Å². The number of hydrogen-bond acceptors (Lipinski definition) is 7. The maximum Gasteiger partial charge on any atom is 0.343 e. The predicted octanol–water partition coefficient (Wildman–Crippen LogP) is 10.6. The minimum atomic E-state index is -0.622. The van der Waals surface area contributed by atoms with Crippen LogP contribution >= 0.6 is 0 Å². The van der Waals surface area contributed by atoms with Gasteiger partial charge in [0.1, 0.15) is 17.2 Å². The summed E-state index contributed by atoms with van der Waals surface area (Å²) in [6, 6.07) is 28.4. The molecule has 0 N–H and O–H groups in total. The number of hydrogen-bond donors (Lipinski definition) is 0. The van der Waals surface area contributed by atoms with Crippen molar-refractivity contribution < 1.29 is 19.0 Å². The monoisotopic (exact) mass is 629 g/mol. The van der Waals surface area contributed by atoms with Crippen molar-refractivity contribution in [1.29, 1.82) is 0 Å². The van der Waals surface area contributed by atoms with Crippen molar-refractivity contribution in [2.75, 3.05) is 18.6 Å². The number of nitrogens with zero attached hydrogens (tertiary/aromatic N) is 3. The molecule has 7 heteroatoms. The van der Waals surface area contributed by atoms with Gasteiger partial charge >= 0.3 is 5.97 Å². The molecule has 0 saturated heterocycles. The molecular weight excluding hydrogens is 586 g/mol. The van der Waals surface area contributed by atoms with Gasteiger partial charge in [0.15, 0.2) is 0 Å². The van der Waals surface area contributed by atoms with Crippen LogP contribution in [0.3, 0.4) is 0 Å². The van der Waals surface area contributed by atoms with Gasteiger partial charge in [-0.2, -0.15) is 10.2 Å². The quantitative estimate of drug-likeness (QED) is 0.0675. The van der Waals surface area contributed by atoms with Gasteiger partial charge in [-0.25, -0.2) is 4.79 Å².